The SMILES string of the molecule is CC1(C)c2ccccc2-c2cccc(-c3cccc(N(c4ccc(-c5ccc(-c6ccc(-c7ccccc7)cc6)cc5)cc4)c4ccc5c(c4)C4(CCc6ccccc64)c4ccccc4-5)c3)c21. The van der Waals surface area contributed by atoms with Gasteiger partial charge >= 0.3 is 0 Å². The van der Waals surface area contributed by atoms with Crippen molar-refractivity contribution >= 4 is 17.1 Å². The third-order valence-electron chi connectivity index (χ3n) is 15.3. The van der Waals surface area contributed by atoms with Gasteiger partial charge in [0.25, 0.3) is 0 Å². The summed E-state index contributed by atoms with van der Waals surface area (Å²) in [5.41, 5.74) is 26.8. The summed E-state index contributed by atoms with van der Waals surface area (Å²) < 4.78 is 0. The predicted octanol–water partition coefficient (Wildman–Crippen LogP) is 17.4. The summed E-state index contributed by atoms with van der Waals surface area (Å²) in [6.45, 7) is 4.77. The van der Waals surface area contributed by atoms with Gasteiger partial charge in [0.05, 0.1) is 0 Å². The maximum absolute atomic E-state index is 2.52. The van der Waals surface area contributed by atoms with Gasteiger partial charge in [-0.3, -0.25) is 0 Å². The summed E-state index contributed by atoms with van der Waals surface area (Å²) in [4.78, 5) is 2.48. The first kappa shape index (κ1) is 39.4. The number of hydrogen-bond acceptors (Lipinski definition) is 1. The summed E-state index contributed by atoms with van der Waals surface area (Å²) in [6, 6.07) is 88.3. The maximum atomic E-state index is 2.52. The molecule has 1 atom stereocenters. The predicted molar refractivity (Wildman–Crippen MR) is 281 cm³/mol. The fourth-order valence-electron chi connectivity index (χ4n) is 12.2. The molecule has 0 aromatic heterocycles. The first-order valence-corrected chi connectivity index (χ1v) is 23.8. The fraction of sp³-hybridized carbons (Fsp3) is 0.0909. The van der Waals surface area contributed by atoms with E-state index < -0.39 is 0 Å². The van der Waals surface area contributed by atoms with Crippen molar-refractivity contribution in [3.63, 3.8) is 0 Å². The van der Waals surface area contributed by atoms with Crippen LogP contribution in [-0.4, -0.2) is 0 Å². The van der Waals surface area contributed by atoms with Crippen LogP contribution in [0.1, 0.15) is 53.6 Å². The molecule has 1 heteroatoms. The van der Waals surface area contributed by atoms with Crippen LogP contribution in [0.2, 0.25) is 0 Å². The van der Waals surface area contributed by atoms with E-state index in [9.17, 15) is 0 Å². The molecular weight excluding hydrogens is 807 g/mol. The Bertz CT molecular complexity index is 3520. The highest BCUT2D eigenvalue weighted by atomic mass is 15.1. The highest BCUT2D eigenvalue weighted by Gasteiger charge is 2.48. The first-order valence-electron chi connectivity index (χ1n) is 23.8. The molecule has 0 heterocycles. The molecule has 0 aliphatic heterocycles. The van der Waals surface area contributed by atoms with Crippen molar-refractivity contribution in [1.29, 1.82) is 0 Å². The van der Waals surface area contributed by atoms with Crippen LogP contribution in [0.5, 0.6) is 0 Å². The third kappa shape index (κ3) is 6.15. The van der Waals surface area contributed by atoms with E-state index >= 15 is 0 Å². The van der Waals surface area contributed by atoms with Gasteiger partial charge in [0.2, 0.25) is 0 Å². The van der Waals surface area contributed by atoms with Crippen LogP contribution < -0.4 is 4.90 Å². The van der Waals surface area contributed by atoms with Crippen molar-refractivity contribution in [3.05, 3.63) is 270 Å². The molecule has 0 amide bonds. The van der Waals surface area contributed by atoms with Crippen molar-refractivity contribution in [2.24, 2.45) is 0 Å². The number of benzene rings is 10. The Morgan fingerprint density at radius 2 is 0.776 bits per heavy atom. The van der Waals surface area contributed by atoms with Gasteiger partial charge in [-0.15, -0.1) is 0 Å². The second-order valence-electron chi connectivity index (χ2n) is 19.2. The highest BCUT2D eigenvalue weighted by molar-refractivity contribution is 5.92. The second-order valence-corrected chi connectivity index (χ2v) is 19.2. The maximum Gasteiger partial charge on any atom is 0.0470 e. The number of aryl methyl sites for hydroxylation is 1. The molecular formula is C66H49N. The molecule has 0 bridgehead atoms. The van der Waals surface area contributed by atoms with E-state index in [-0.39, 0.29) is 10.8 Å². The number of fused-ring (bicyclic) bond motifs is 10. The number of nitrogens with zero attached hydrogens (tertiary/aromatic N) is 1. The van der Waals surface area contributed by atoms with Gasteiger partial charge in [-0.25, -0.2) is 0 Å². The molecule has 318 valence electrons. The molecule has 0 saturated heterocycles. The van der Waals surface area contributed by atoms with Crippen LogP contribution in [0, 0.1) is 0 Å². The Kier molecular flexibility index (Phi) is 8.99. The minimum atomic E-state index is -0.183. The molecule has 13 rings (SSSR count). The van der Waals surface area contributed by atoms with Crippen molar-refractivity contribution < 1.29 is 0 Å². The van der Waals surface area contributed by atoms with Crippen LogP contribution in [0.15, 0.2) is 237 Å². The fourth-order valence-corrected chi connectivity index (χ4v) is 12.2. The smallest absolute Gasteiger partial charge is 0.0470 e. The zero-order chi connectivity index (χ0) is 44.7. The lowest BCUT2D eigenvalue weighted by Crippen LogP contribution is -2.24. The molecule has 10 aromatic carbocycles. The first-order chi connectivity index (χ1) is 33.0. The van der Waals surface area contributed by atoms with E-state index in [0.29, 0.717) is 0 Å². The van der Waals surface area contributed by atoms with E-state index in [1.54, 1.807) is 0 Å². The van der Waals surface area contributed by atoms with Gasteiger partial charge in [0.1, 0.15) is 0 Å². The van der Waals surface area contributed by atoms with E-state index in [1.807, 2.05) is 0 Å². The van der Waals surface area contributed by atoms with Crippen LogP contribution in [0.25, 0.3) is 66.8 Å². The van der Waals surface area contributed by atoms with Crippen molar-refractivity contribution in [1.82, 2.24) is 0 Å². The van der Waals surface area contributed by atoms with Crippen molar-refractivity contribution in [2.75, 3.05) is 4.90 Å². The Hall–Kier alpha value is -8.00. The van der Waals surface area contributed by atoms with Gasteiger partial charge in [-0.1, -0.05) is 214 Å². The van der Waals surface area contributed by atoms with E-state index in [1.165, 1.54) is 100 Å². The summed E-state index contributed by atoms with van der Waals surface area (Å²) in [5, 5.41) is 0. The molecule has 67 heavy (non-hydrogen) atoms. The minimum Gasteiger partial charge on any atom is -0.310 e. The van der Waals surface area contributed by atoms with Crippen LogP contribution >= 0.6 is 0 Å². The van der Waals surface area contributed by atoms with E-state index in [0.717, 1.165) is 29.9 Å². The highest BCUT2D eigenvalue weighted by Crippen LogP contribution is 2.59. The Morgan fingerprint density at radius 1 is 0.313 bits per heavy atom. The molecule has 1 unspecified atom stereocenters. The molecule has 3 aliphatic rings. The molecule has 0 fully saturated rings. The summed E-state index contributed by atoms with van der Waals surface area (Å²) in [5.74, 6) is 0. The van der Waals surface area contributed by atoms with Crippen LogP contribution in [0.4, 0.5) is 17.1 Å². The van der Waals surface area contributed by atoms with E-state index in [2.05, 4.69) is 255 Å². The zero-order valence-electron chi connectivity index (χ0n) is 37.9. The summed E-state index contributed by atoms with van der Waals surface area (Å²) >= 11 is 0. The average molecular weight is 856 g/mol. The normalized spacial score (nSPS) is 15.7. The van der Waals surface area contributed by atoms with Gasteiger partial charge in [0.15, 0.2) is 0 Å². The van der Waals surface area contributed by atoms with Gasteiger partial charge < -0.3 is 4.90 Å². The van der Waals surface area contributed by atoms with Gasteiger partial charge in [-0.2, -0.15) is 0 Å². The topological polar surface area (TPSA) is 3.24 Å². The monoisotopic (exact) mass is 855 g/mol. The Balaban J connectivity index is 0.912. The van der Waals surface area contributed by atoms with Crippen LogP contribution in [0.3, 0.4) is 0 Å². The molecule has 10 aromatic rings. The number of anilines is 3. The average Bonchev–Trinajstić information content (AvgIpc) is 4.00. The summed E-state index contributed by atoms with van der Waals surface area (Å²) in [7, 11) is 0. The quantitative estimate of drug-likeness (QED) is 0.154. The lowest BCUT2D eigenvalue weighted by molar-refractivity contribution is 0.626. The van der Waals surface area contributed by atoms with Gasteiger partial charge in [0, 0.05) is 27.9 Å². The largest absolute Gasteiger partial charge is 0.310 e. The third-order valence-corrected chi connectivity index (χ3v) is 15.3. The molecule has 3 aliphatic carbocycles. The lowest BCUT2D eigenvalue weighted by Gasteiger charge is -2.31. The lowest BCUT2D eigenvalue weighted by atomic mass is 9.73. The zero-order valence-corrected chi connectivity index (χ0v) is 37.9. The van der Waals surface area contributed by atoms with Gasteiger partial charge in [-0.05, 0) is 149 Å². The van der Waals surface area contributed by atoms with Crippen LogP contribution in [-0.2, 0) is 17.3 Å². The minimum absolute atomic E-state index is 0.125. The Morgan fingerprint density at radius 3 is 1.46 bits per heavy atom. The molecule has 1 spiro atoms. The number of rotatable bonds is 7. The molecule has 1 nitrogen and oxygen atoms in total. The molecule has 0 N–H and O–H groups in total. The standard InChI is InChI=1S/C66H49N/c1-65(2)61-24-10-7-20-57(61)59-22-13-21-55(64(59)65)51-17-12-18-53(42-51)67(54-38-39-58-56-19-8-11-25-62(56)66(63(58)43-54)41-40-50-16-6-9-23-60(50)66)52-36-34-49(35-37-52)48-32-30-47(31-33-48)46-28-26-45(27-29-46)44-14-4-3-5-15-44/h3-39,42-43H,40-41H2,1-2H3. The molecule has 0 saturated carbocycles. The van der Waals surface area contributed by atoms with Crippen molar-refractivity contribution in [3.8, 4) is 66.8 Å². The van der Waals surface area contributed by atoms with E-state index in [4.69, 9.17) is 0 Å². The van der Waals surface area contributed by atoms with Crippen molar-refractivity contribution in [2.45, 2.75) is 37.5 Å². The molecule has 0 radical (unpaired) electrons. The second kappa shape index (κ2) is 15.3. The number of hydrogen-bond donors (Lipinski definition) is 0. The summed E-state index contributed by atoms with van der Waals surface area (Å²) in [6.07, 6.45) is 2.14. The Labute approximate surface area is 394 Å².